The van der Waals surface area contributed by atoms with Gasteiger partial charge in [-0.05, 0) is 25.9 Å². The van der Waals surface area contributed by atoms with E-state index < -0.39 is 5.91 Å². The fourth-order valence-electron chi connectivity index (χ4n) is 1.40. The Labute approximate surface area is 102 Å². The van der Waals surface area contributed by atoms with Gasteiger partial charge in [0.15, 0.2) is 0 Å². The maximum atomic E-state index is 10.8. The van der Waals surface area contributed by atoms with E-state index in [4.69, 9.17) is 5.73 Å². The molecule has 5 heteroatoms. The van der Waals surface area contributed by atoms with Crippen LogP contribution in [0, 0.1) is 5.92 Å². The van der Waals surface area contributed by atoms with Crippen molar-refractivity contribution in [2.45, 2.75) is 26.8 Å². The predicted octanol–water partition coefficient (Wildman–Crippen LogP) is 1.05. The lowest BCUT2D eigenvalue weighted by atomic mass is 10.1. The Balaban J connectivity index is 2.48. The molecular weight excluding hydrogens is 216 g/mol. The van der Waals surface area contributed by atoms with E-state index in [0.717, 1.165) is 25.2 Å². The molecule has 0 spiro atoms. The van der Waals surface area contributed by atoms with Crippen LogP contribution < -0.4 is 5.73 Å². The van der Waals surface area contributed by atoms with Crippen LogP contribution in [0.25, 0.3) is 0 Å². The molecular formula is C12H20N4O. The van der Waals surface area contributed by atoms with E-state index in [-0.39, 0.29) is 5.69 Å². The van der Waals surface area contributed by atoms with E-state index >= 15 is 0 Å². The molecule has 1 amide bonds. The number of nitrogens with two attached hydrogens (primary N) is 1. The highest BCUT2D eigenvalue weighted by atomic mass is 16.1. The maximum Gasteiger partial charge on any atom is 0.268 e. The average molecular weight is 236 g/mol. The second-order valence-corrected chi connectivity index (χ2v) is 4.68. The number of rotatable bonds is 6. The Hall–Kier alpha value is -1.49. The third kappa shape index (κ3) is 4.91. The van der Waals surface area contributed by atoms with Crippen molar-refractivity contribution < 1.29 is 4.79 Å². The van der Waals surface area contributed by atoms with Crippen LogP contribution in [-0.4, -0.2) is 34.4 Å². The average Bonchev–Trinajstić information content (AvgIpc) is 2.27. The zero-order valence-corrected chi connectivity index (χ0v) is 10.7. The van der Waals surface area contributed by atoms with E-state index in [0.29, 0.717) is 5.92 Å². The van der Waals surface area contributed by atoms with Gasteiger partial charge in [0.25, 0.3) is 5.91 Å². The second-order valence-electron chi connectivity index (χ2n) is 4.68. The number of aromatic nitrogens is 2. The molecule has 5 nitrogen and oxygen atoms in total. The van der Waals surface area contributed by atoms with E-state index in [1.54, 1.807) is 6.20 Å². The lowest BCUT2D eigenvalue weighted by molar-refractivity contribution is 0.0995. The van der Waals surface area contributed by atoms with Gasteiger partial charge in [0, 0.05) is 6.54 Å². The number of hydrogen-bond acceptors (Lipinski definition) is 4. The summed E-state index contributed by atoms with van der Waals surface area (Å²) in [6, 6.07) is 0. The smallest absolute Gasteiger partial charge is 0.268 e. The molecule has 0 aromatic carbocycles. The molecule has 0 unspecified atom stereocenters. The normalized spacial score (nSPS) is 11.1. The molecule has 1 aromatic rings. The molecule has 0 radical (unpaired) electrons. The van der Waals surface area contributed by atoms with Crippen LogP contribution >= 0.6 is 0 Å². The molecule has 17 heavy (non-hydrogen) atoms. The first kappa shape index (κ1) is 13.6. The van der Waals surface area contributed by atoms with Gasteiger partial charge in [-0.25, -0.2) is 4.98 Å². The van der Waals surface area contributed by atoms with Gasteiger partial charge in [-0.3, -0.25) is 9.78 Å². The van der Waals surface area contributed by atoms with Gasteiger partial charge in [0.2, 0.25) is 0 Å². The summed E-state index contributed by atoms with van der Waals surface area (Å²) in [5.41, 5.74) is 6.15. The van der Waals surface area contributed by atoms with Crippen LogP contribution in [0.2, 0.25) is 0 Å². The summed E-state index contributed by atoms with van der Waals surface area (Å²) >= 11 is 0. The molecule has 94 valence electrons. The van der Waals surface area contributed by atoms with Crippen molar-refractivity contribution in [1.29, 1.82) is 0 Å². The van der Waals surface area contributed by atoms with Crippen molar-refractivity contribution in [3.63, 3.8) is 0 Å². The van der Waals surface area contributed by atoms with Crippen molar-refractivity contribution in [2.75, 3.05) is 13.6 Å². The summed E-state index contributed by atoms with van der Waals surface area (Å²) in [6.45, 7) is 6.17. The maximum absolute atomic E-state index is 10.8. The SMILES string of the molecule is CC(C)CCN(C)Cc1cnc(C(N)=O)cn1. The quantitative estimate of drug-likeness (QED) is 0.801. The molecule has 0 bridgehead atoms. The minimum Gasteiger partial charge on any atom is -0.364 e. The minimum atomic E-state index is -0.544. The molecule has 0 fully saturated rings. The fourth-order valence-corrected chi connectivity index (χ4v) is 1.40. The van der Waals surface area contributed by atoms with E-state index in [2.05, 4.69) is 28.7 Å². The van der Waals surface area contributed by atoms with Crippen molar-refractivity contribution in [1.82, 2.24) is 14.9 Å². The van der Waals surface area contributed by atoms with Crippen molar-refractivity contribution >= 4 is 5.91 Å². The molecule has 0 aliphatic carbocycles. The predicted molar refractivity (Wildman–Crippen MR) is 66.3 cm³/mol. The summed E-state index contributed by atoms with van der Waals surface area (Å²) in [4.78, 5) is 21.1. The van der Waals surface area contributed by atoms with Gasteiger partial charge in [-0.1, -0.05) is 13.8 Å². The summed E-state index contributed by atoms with van der Waals surface area (Å²) in [6.07, 6.45) is 4.18. The first-order chi connectivity index (χ1) is 7.99. The monoisotopic (exact) mass is 236 g/mol. The number of carbonyl (C=O) groups excluding carboxylic acids is 1. The number of hydrogen-bond donors (Lipinski definition) is 1. The van der Waals surface area contributed by atoms with E-state index in [1.807, 2.05) is 7.05 Å². The van der Waals surface area contributed by atoms with Crippen LogP contribution in [0.1, 0.15) is 36.5 Å². The van der Waals surface area contributed by atoms with Crippen LogP contribution in [-0.2, 0) is 6.54 Å². The Morgan fingerprint density at radius 1 is 1.41 bits per heavy atom. The molecule has 0 saturated carbocycles. The van der Waals surface area contributed by atoms with Gasteiger partial charge >= 0.3 is 0 Å². The fraction of sp³-hybridized carbons (Fsp3) is 0.583. The Kier molecular flexibility index (Phi) is 5.03. The minimum absolute atomic E-state index is 0.207. The number of carbonyl (C=O) groups is 1. The third-order valence-corrected chi connectivity index (χ3v) is 2.48. The highest BCUT2D eigenvalue weighted by molar-refractivity contribution is 5.90. The Morgan fingerprint density at radius 2 is 2.12 bits per heavy atom. The number of amides is 1. The highest BCUT2D eigenvalue weighted by Gasteiger charge is 2.05. The molecule has 2 N–H and O–H groups in total. The van der Waals surface area contributed by atoms with Gasteiger partial charge in [0.1, 0.15) is 5.69 Å². The largest absolute Gasteiger partial charge is 0.364 e. The first-order valence-electron chi connectivity index (χ1n) is 5.78. The van der Waals surface area contributed by atoms with Crippen molar-refractivity contribution in [3.05, 3.63) is 23.8 Å². The summed E-state index contributed by atoms with van der Waals surface area (Å²) < 4.78 is 0. The zero-order chi connectivity index (χ0) is 12.8. The van der Waals surface area contributed by atoms with Crippen molar-refractivity contribution in [3.8, 4) is 0 Å². The van der Waals surface area contributed by atoms with E-state index in [9.17, 15) is 4.79 Å². The highest BCUT2D eigenvalue weighted by Crippen LogP contribution is 2.04. The number of nitrogens with zero attached hydrogens (tertiary/aromatic N) is 3. The third-order valence-electron chi connectivity index (χ3n) is 2.48. The van der Waals surface area contributed by atoms with Gasteiger partial charge in [-0.2, -0.15) is 0 Å². The Morgan fingerprint density at radius 3 is 2.59 bits per heavy atom. The lowest BCUT2D eigenvalue weighted by Crippen LogP contribution is -2.21. The summed E-state index contributed by atoms with van der Waals surface area (Å²) in [7, 11) is 2.05. The molecule has 1 aromatic heterocycles. The zero-order valence-electron chi connectivity index (χ0n) is 10.7. The van der Waals surface area contributed by atoms with Gasteiger partial charge in [-0.15, -0.1) is 0 Å². The molecule has 0 aliphatic heterocycles. The van der Waals surface area contributed by atoms with E-state index in [1.165, 1.54) is 6.20 Å². The second kappa shape index (κ2) is 6.30. The molecule has 1 rings (SSSR count). The summed E-state index contributed by atoms with van der Waals surface area (Å²) in [5.74, 6) is 0.151. The van der Waals surface area contributed by atoms with Crippen LogP contribution in [0.5, 0.6) is 0 Å². The Bertz CT molecular complexity index is 361. The topological polar surface area (TPSA) is 72.1 Å². The standard InChI is InChI=1S/C12H20N4O/c1-9(2)4-5-16(3)8-10-6-15-11(7-14-10)12(13)17/h6-7,9H,4-5,8H2,1-3H3,(H2,13,17). The summed E-state index contributed by atoms with van der Waals surface area (Å²) in [5, 5.41) is 0. The van der Waals surface area contributed by atoms with Crippen LogP contribution in [0.4, 0.5) is 0 Å². The van der Waals surface area contributed by atoms with Crippen molar-refractivity contribution in [2.24, 2.45) is 11.7 Å². The van der Waals surface area contributed by atoms with Gasteiger partial charge in [0.05, 0.1) is 18.1 Å². The lowest BCUT2D eigenvalue weighted by Gasteiger charge is -2.17. The van der Waals surface area contributed by atoms with Crippen LogP contribution in [0.15, 0.2) is 12.4 Å². The van der Waals surface area contributed by atoms with Gasteiger partial charge < -0.3 is 10.6 Å². The molecule has 0 atom stereocenters. The molecule has 0 aliphatic rings. The van der Waals surface area contributed by atoms with Crippen LogP contribution in [0.3, 0.4) is 0 Å². The number of primary amides is 1. The molecule has 1 heterocycles. The molecule has 0 saturated heterocycles. The first-order valence-corrected chi connectivity index (χ1v) is 5.78.